The Morgan fingerprint density at radius 3 is 2.55 bits per heavy atom. The Kier molecular flexibility index (Phi) is 6.54. The summed E-state index contributed by atoms with van der Waals surface area (Å²) in [4.78, 5) is 41.9. The molecule has 9 heteroatoms. The minimum atomic E-state index is -0.721. The summed E-state index contributed by atoms with van der Waals surface area (Å²) in [7, 11) is 0. The minimum absolute atomic E-state index is 0.0134. The Morgan fingerprint density at radius 2 is 1.90 bits per heavy atom. The lowest BCUT2D eigenvalue weighted by Gasteiger charge is -2.25. The third-order valence-electron chi connectivity index (χ3n) is 4.68. The number of hydrogen-bond acceptors (Lipinski definition) is 5. The molecule has 3 aromatic rings. The number of nitrogens with one attached hydrogen (secondary N) is 1. The number of nitrogens with zero attached hydrogens (tertiary/aromatic N) is 3. The molecule has 2 aromatic heterocycles. The first kappa shape index (κ1) is 21.8. The highest BCUT2D eigenvalue weighted by Gasteiger charge is 2.27. The van der Waals surface area contributed by atoms with E-state index in [1.54, 1.807) is 12.3 Å². The number of aromatic amines is 1. The van der Waals surface area contributed by atoms with Gasteiger partial charge < -0.3 is 10.8 Å². The average Bonchev–Trinajstić information content (AvgIpc) is 2.70. The normalized spacial score (nSPS) is 10.9. The number of nitrogens with two attached hydrogens (primary N) is 1. The van der Waals surface area contributed by atoms with Crippen molar-refractivity contribution in [2.24, 2.45) is 5.92 Å². The predicted molar refractivity (Wildman–Crippen MR) is 117 cm³/mol. The lowest BCUT2D eigenvalue weighted by molar-refractivity contribution is -0.684. The molecule has 1 aromatic carbocycles. The standard InChI is InChI=1S/C22H25N5O4/c1-15(2)11-26(18(29)14-25-10-6-9-17(28)13-25)19-20(23)27(22(31)24-21(19)30)12-16-7-4-3-5-8-16/h3-10,13,15H,11-12,14H2,1-2H3,(H3-,23,24,28,30,31)/p+1. The molecule has 0 fully saturated rings. The highest BCUT2D eigenvalue weighted by atomic mass is 16.3. The number of rotatable bonds is 7. The van der Waals surface area contributed by atoms with Crippen molar-refractivity contribution >= 4 is 17.4 Å². The zero-order valence-corrected chi connectivity index (χ0v) is 17.5. The third-order valence-corrected chi connectivity index (χ3v) is 4.68. The predicted octanol–water partition coefficient (Wildman–Crippen LogP) is 0.849. The molecular weight excluding hydrogens is 398 g/mol. The Labute approximate surface area is 179 Å². The number of aromatic nitrogens is 3. The van der Waals surface area contributed by atoms with Crippen LogP contribution in [-0.4, -0.2) is 27.1 Å². The first-order valence-electron chi connectivity index (χ1n) is 9.91. The summed E-state index contributed by atoms with van der Waals surface area (Å²) in [6.07, 6.45) is 3.05. The van der Waals surface area contributed by atoms with Gasteiger partial charge in [-0.25, -0.2) is 4.79 Å². The van der Waals surface area contributed by atoms with Gasteiger partial charge in [-0.2, -0.15) is 4.57 Å². The molecule has 0 saturated heterocycles. The Bertz CT molecular complexity index is 1180. The van der Waals surface area contributed by atoms with Gasteiger partial charge >= 0.3 is 5.69 Å². The number of pyridine rings is 1. The van der Waals surface area contributed by atoms with E-state index in [1.165, 1.54) is 26.3 Å². The smallest absolute Gasteiger partial charge is 0.330 e. The number of carbonyl (C=O) groups excluding carboxylic acids is 1. The lowest BCUT2D eigenvalue weighted by atomic mass is 10.2. The number of benzene rings is 1. The molecule has 162 valence electrons. The highest BCUT2D eigenvalue weighted by Crippen LogP contribution is 2.19. The number of H-pyrrole nitrogens is 1. The van der Waals surface area contributed by atoms with Gasteiger partial charge in [-0.15, -0.1) is 0 Å². The molecule has 0 aliphatic heterocycles. The van der Waals surface area contributed by atoms with Crippen LogP contribution in [0.3, 0.4) is 0 Å². The summed E-state index contributed by atoms with van der Waals surface area (Å²) >= 11 is 0. The largest absolute Gasteiger partial charge is 0.503 e. The molecule has 31 heavy (non-hydrogen) atoms. The first-order chi connectivity index (χ1) is 14.8. The zero-order chi connectivity index (χ0) is 22.5. The van der Waals surface area contributed by atoms with E-state index in [9.17, 15) is 19.5 Å². The maximum absolute atomic E-state index is 13.1. The SMILES string of the molecule is CC(C)CN(C(=O)C[n+]1cccc(O)c1)c1c(N)n(Cc2ccccc2)c(=O)[nH]c1=O. The fourth-order valence-electron chi connectivity index (χ4n) is 3.29. The van der Waals surface area contributed by atoms with Crippen molar-refractivity contribution in [2.75, 3.05) is 17.2 Å². The fourth-order valence-corrected chi connectivity index (χ4v) is 3.29. The fraction of sp³-hybridized carbons (Fsp3) is 0.273. The summed E-state index contributed by atoms with van der Waals surface area (Å²) in [5.74, 6) is -0.426. The molecule has 1 amide bonds. The molecule has 0 aliphatic carbocycles. The van der Waals surface area contributed by atoms with Crippen molar-refractivity contribution in [3.05, 3.63) is 81.3 Å². The van der Waals surface area contributed by atoms with Crippen LogP contribution in [0.15, 0.2) is 64.4 Å². The van der Waals surface area contributed by atoms with Crippen molar-refractivity contribution < 1.29 is 14.5 Å². The van der Waals surface area contributed by atoms with Gasteiger partial charge in [0.05, 0.1) is 6.54 Å². The van der Waals surface area contributed by atoms with E-state index in [2.05, 4.69) is 4.98 Å². The molecule has 3 rings (SSSR count). The van der Waals surface area contributed by atoms with E-state index in [0.29, 0.717) is 0 Å². The van der Waals surface area contributed by atoms with E-state index in [4.69, 9.17) is 5.73 Å². The van der Waals surface area contributed by atoms with Crippen LogP contribution in [0.2, 0.25) is 0 Å². The van der Waals surface area contributed by atoms with Crippen LogP contribution >= 0.6 is 0 Å². The summed E-state index contributed by atoms with van der Waals surface area (Å²) in [6.45, 7) is 4.09. The maximum atomic E-state index is 13.1. The molecule has 0 unspecified atom stereocenters. The van der Waals surface area contributed by atoms with Crippen molar-refractivity contribution in [1.82, 2.24) is 9.55 Å². The van der Waals surface area contributed by atoms with Gasteiger partial charge in [-0.1, -0.05) is 44.2 Å². The van der Waals surface area contributed by atoms with Crippen molar-refractivity contribution in [1.29, 1.82) is 0 Å². The first-order valence-corrected chi connectivity index (χ1v) is 9.91. The quantitative estimate of drug-likeness (QED) is 0.485. The van der Waals surface area contributed by atoms with E-state index < -0.39 is 17.2 Å². The molecule has 2 heterocycles. The van der Waals surface area contributed by atoms with E-state index >= 15 is 0 Å². The van der Waals surface area contributed by atoms with Gasteiger partial charge in [0, 0.05) is 12.6 Å². The minimum Gasteiger partial charge on any atom is -0.503 e. The molecule has 0 spiro atoms. The molecule has 4 N–H and O–H groups in total. The molecule has 0 radical (unpaired) electrons. The van der Waals surface area contributed by atoms with Crippen molar-refractivity contribution in [3.8, 4) is 5.75 Å². The summed E-state index contributed by atoms with van der Waals surface area (Å²) in [6, 6.07) is 12.3. The van der Waals surface area contributed by atoms with Crippen LogP contribution < -0.4 is 26.4 Å². The summed E-state index contributed by atoms with van der Waals surface area (Å²) < 4.78 is 2.75. The van der Waals surface area contributed by atoms with Gasteiger partial charge in [-0.05, 0) is 17.5 Å². The maximum Gasteiger partial charge on any atom is 0.330 e. The third kappa shape index (κ3) is 5.19. The number of anilines is 2. The van der Waals surface area contributed by atoms with Gasteiger partial charge in [-0.3, -0.25) is 24.0 Å². The number of hydrogen-bond donors (Lipinski definition) is 3. The highest BCUT2D eigenvalue weighted by molar-refractivity contribution is 5.94. The number of amides is 1. The molecule has 0 atom stereocenters. The molecule has 0 aliphatic rings. The van der Waals surface area contributed by atoms with E-state index in [0.717, 1.165) is 5.56 Å². The van der Waals surface area contributed by atoms with E-state index in [1.807, 2.05) is 44.2 Å². The Balaban J connectivity index is 2.04. The Morgan fingerprint density at radius 1 is 1.19 bits per heavy atom. The number of nitrogen functional groups attached to an aromatic ring is 1. The topological polar surface area (TPSA) is 125 Å². The van der Waals surface area contributed by atoms with Crippen LogP contribution in [-0.2, 0) is 17.9 Å². The second kappa shape index (κ2) is 9.29. The van der Waals surface area contributed by atoms with Gasteiger partial charge in [0.1, 0.15) is 5.82 Å². The second-order valence-corrected chi connectivity index (χ2v) is 7.70. The molecular formula is C22H26N5O4+. The number of carbonyl (C=O) groups is 1. The van der Waals surface area contributed by atoms with Crippen LogP contribution in [0, 0.1) is 5.92 Å². The Hall–Kier alpha value is -3.88. The summed E-state index contributed by atoms with van der Waals surface area (Å²) in [5.41, 5.74) is 5.67. The van der Waals surface area contributed by atoms with Crippen LogP contribution in [0.5, 0.6) is 5.75 Å². The molecule has 9 nitrogen and oxygen atoms in total. The summed E-state index contributed by atoms with van der Waals surface area (Å²) in [5, 5.41) is 9.66. The van der Waals surface area contributed by atoms with E-state index in [-0.39, 0.29) is 42.8 Å². The molecule has 0 saturated carbocycles. The van der Waals surface area contributed by atoms with Crippen LogP contribution in [0.4, 0.5) is 11.5 Å². The van der Waals surface area contributed by atoms with Gasteiger partial charge in [0.15, 0.2) is 17.6 Å². The number of aromatic hydroxyl groups is 1. The lowest BCUT2D eigenvalue weighted by Crippen LogP contribution is -2.48. The van der Waals surface area contributed by atoms with Gasteiger partial charge in [0.2, 0.25) is 12.7 Å². The van der Waals surface area contributed by atoms with Crippen molar-refractivity contribution in [2.45, 2.75) is 26.9 Å². The average molecular weight is 424 g/mol. The molecule has 0 bridgehead atoms. The second-order valence-electron chi connectivity index (χ2n) is 7.70. The zero-order valence-electron chi connectivity index (χ0n) is 17.5. The van der Waals surface area contributed by atoms with Gasteiger partial charge in [0.25, 0.3) is 11.5 Å². The van der Waals surface area contributed by atoms with Crippen LogP contribution in [0.25, 0.3) is 0 Å². The van der Waals surface area contributed by atoms with Crippen LogP contribution in [0.1, 0.15) is 19.4 Å². The van der Waals surface area contributed by atoms with Crippen molar-refractivity contribution in [3.63, 3.8) is 0 Å². The monoisotopic (exact) mass is 424 g/mol.